The van der Waals surface area contributed by atoms with E-state index in [1.54, 1.807) is 36.3 Å². The van der Waals surface area contributed by atoms with Gasteiger partial charge in [0, 0.05) is 25.7 Å². The number of hydrogen-bond donors (Lipinski definition) is 3. The molecule has 0 unspecified atom stereocenters. The lowest BCUT2D eigenvalue weighted by Crippen LogP contribution is -2.34. The maximum Gasteiger partial charge on any atom is 0.315 e. The number of hydrogen-bond acceptors (Lipinski definition) is 4. The average Bonchev–Trinajstić information content (AvgIpc) is 3.25. The molecule has 138 valence electrons. The zero-order valence-electron chi connectivity index (χ0n) is 14.8. The van der Waals surface area contributed by atoms with Gasteiger partial charge in [-0.05, 0) is 35.4 Å². The Kier molecular flexibility index (Phi) is 5.78. The third-order valence-electron chi connectivity index (χ3n) is 3.94. The molecule has 27 heavy (non-hydrogen) atoms. The molecule has 0 radical (unpaired) electrons. The van der Waals surface area contributed by atoms with Gasteiger partial charge in [0.1, 0.15) is 12.7 Å². The number of nitrogens with one attached hydrogen (secondary N) is 3. The number of carbonyl (C=O) groups excluding carboxylic acids is 2. The van der Waals surface area contributed by atoms with E-state index in [4.69, 9.17) is 0 Å². The Bertz CT molecular complexity index is 906. The quantitative estimate of drug-likeness (QED) is 0.619. The molecule has 0 bridgehead atoms. The van der Waals surface area contributed by atoms with Gasteiger partial charge in [-0.2, -0.15) is 5.10 Å². The summed E-state index contributed by atoms with van der Waals surface area (Å²) in [6.07, 6.45) is 3.10. The molecule has 3 aromatic rings. The van der Waals surface area contributed by atoms with Crippen LogP contribution in [0.4, 0.5) is 4.79 Å². The van der Waals surface area contributed by atoms with E-state index in [1.807, 2.05) is 30.3 Å². The van der Waals surface area contributed by atoms with Gasteiger partial charge in [0.05, 0.1) is 5.69 Å². The molecule has 1 heterocycles. The van der Waals surface area contributed by atoms with E-state index in [2.05, 4.69) is 26.0 Å². The smallest absolute Gasteiger partial charge is 0.315 e. The number of benzene rings is 2. The first-order chi connectivity index (χ1) is 13.2. The molecule has 0 atom stereocenters. The van der Waals surface area contributed by atoms with Gasteiger partial charge < -0.3 is 16.0 Å². The second kappa shape index (κ2) is 8.61. The van der Waals surface area contributed by atoms with Crippen molar-refractivity contribution < 1.29 is 9.59 Å². The van der Waals surface area contributed by atoms with Crippen LogP contribution in [0.2, 0.25) is 0 Å². The standard InChI is InChI=1S/C19H20N6O2/c1-20-18(26)16-4-2-3-15(9-16)11-23-19(27)22-10-14-5-7-17(8-6-14)25-13-21-12-24-25/h2-9,12-13H,10-11H2,1H3,(H,20,26)(H2,22,23,27). The van der Waals surface area contributed by atoms with Crippen molar-refractivity contribution in [2.75, 3.05) is 7.05 Å². The highest BCUT2D eigenvalue weighted by Crippen LogP contribution is 2.08. The highest BCUT2D eigenvalue weighted by Gasteiger charge is 2.05. The summed E-state index contributed by atoms with van der Waals surface area (Å²) in [5.41, 5.74) is 3.28. The SMILES string of the molecule is CNC(=O)c1cccc(CNC(=O)NCc2ccc(-n3cncn3)cc2)c1. The predicted molar refractivity (Wildman–Crippen MR) is 100 cm³/mol. The van der Waals surface area contributed by atoms with Crippen molar-refractivity contribution in [3.8, 4) is 5.69 Å². The van der Waals surface area contributed by atoms with E-state index in [1.165, 1.54) is 6.33 Å². The summed E-state index contributed by atoms with van der Waals surface area (Å²) in [5.74, 6) is -0.157. The number of aromatic nitrogens is 3. The summed E-state index contributed by atoms with van der Waals surface area (Å²) in [6.45, 7) is 0.740. The van der Waals surface area contributed by atoms with Crippen molar-refractivity contribution >= 4 is 11.9 Å². The molecule has 0 aliphatic rings. The molecule has 0 saturated heterocycles. The Morgan fingerprint density at radius 2 is 1.74 bits per heavy atom. The molecule has 3 rings (SSSR count). The average molecular weight is 364 g/mol. The summed E-state index contributed by atoms with van der Waals surface area (Å²) < 4.78 is 1.66. The molecule has 8 heteroatoms. The van der Waals surface area contributed by atoms with Crippen LogP contribution in [0, 0.1) is 0 Å². The van der Waals surface area contributed by atoms with Crippen molar-refractivity contribution in [1.82, 2.24) is 30.7 Å². The highest BCUT2D eigenvalue weighted by atomic mass is 16.2. The predicted octanol–water partition coefficient (Wildman–Crippen LogP) is 1.63. The number of urea groups is 1. The van der Waals surface area contributed by atoms with Gasteiger partial charge >= 0.3 is 6.03 Å². The van der Waals surface area contributed by atoms with Crippen LogP contribution in [0.15, 0.2) is 61.2 Å². The van der Waals surface area contributed by atoms with Gasteiger partial charge in [0.2, 0.25) is 0 Å². The van der Waals surface area contributed by atoms with Crippen LogP contribution in [-0.2, 0) is 13.1 Å². The fraction of sp³-hybridized carbons (Fsp3) is 0.158. The normalized spacial score (nSPS) is 10.3. The molecule has 3 amide bonds. The fourth-order valence-electron chi connectivity index (χ4n) is 2.50. The summed E-state index contributed by atoms with van der Waals surface area (Å²) in [4.78, 5) is 27.5. The molecule has 0 aliphatic heterocycles. The molecule has 0 fully saturated rings. The summed E-state index contributed by atoms with van der Waals surface area (Å²) in [6, 6.07) is 14.5. The molecular weight excluding hydrogens is 344 g/mol. The number of amides is 3. The maximum atomic E-state index is 12.0. The van der Waals surface area contributed by atoms with E-state index >= 15 is 0 Å². The minimum absolute atomic E-state index is 0.157. The first-order valence-corrected chi connectivity index (χ1v) is 8.42. The lowest BCUT2D eigenvalue weighted by atomic mass is 10.1. The lowest BCUT2D eigenvalue weighted by molar-refractivity contribution is 0.0963. The van der Waals surface area contributed by atoms with Crippen LogP contribution in [0.5, 0.6) is 0 Å². The van der Waals surface area contributed by atoms with Crippen LogP contribution < -0.4 is 16.0 Å². The molecule has 0 spiro atoms. The van der Waals surface area contributed by atoms with Gasteiger partial charge in [-0.25, -0.2) is 14.5 Å². The van der Waals surface area contributed by atoms with Crippen molar-refractivity contribution in [3.63, 3.8) is 0 Å². The van der Waals surface area contributed by atoms with E-state index < -0.39 is 0 Å². The summed E-state index contributed by atoms with van der Waals surface area (Å²) in [5, 5.41) is 12.2. The van der Waals surface area contributed by atoms with Crippen LogP contribution in [-0.4, -0.2) is 33.8 Å². The molecule has 0 saturated carbocycles. The first kappa shape index (κ1) is 18.1. The Morgan fingerprint density at radius 1 is 1.00 bits per heavy atom. The molecule has 8 nitrogen and oxygen atoms in total. The number of carbonyl (C=O) groups is 2. The van der Waals surface area contributed by atoms with E-state index in [-0.39, 0.29) is 11.9 Å². The van der Waals surface area contributed by atoms with Gasteiger partial charge in [0.15, 0.2) is 0 Å². The molecule has 2 aromatic carbocycles. The first-order valence-electron chi connectivity index (χ1n) is 8.42. The van der Waals surface area contributed by atoms with Gasteiger partial charge in [0.25, 0.3) is 5.91 Å². The third kappa shape index (κ3) is 4.91. The summed E-state index contributed by atoms with van der Waals surface area (Å²) >= 11 is 0. The zero-order valence-corrected chi connectivity index (χ0v) is 14.8. The largest absolute Gasteiger partial charge is 0.355 e. The molecule has 3 N–H and O–H groups in total. The van der Waals surface area contributed by atoms with Crippen LogP contribution >= 0.6 is 0 Å². The van der Waals surface area contributed by atoms with Crippen molar-refractivity contribution in [1.29, 1.82) is 0 Å². The minimum atomic E-state index is -0.277. The third-order valence-corrected chi connectivity index (χ3v) is 3.94. The Hall–Kier alpha value is -3.68. The van der Waals surface area contributed by atoms with Crippen molar-refractivity contribution in [2.45, 2.75) is 13.1 Å². The second-order valence-corrected chi connectivity index (χ2v) is 5.82. The molecule has 0 aliphatic carbocycles. The van der Waals surface area contributed by atoms with E-state index in [0.29, 0.717) is 18.7 Å². The van der Waals surface area contributed by atoms with Crippen LogP contribution in [0.1, 0.15) is 21.5 Å². The Morgan fingerprint density at radius 3 is 2.41 bits per heavy atom. The number of rotatable bonds is 6. The summed E-state index contributed by atoms with van der Waals surface area (Å²) in [7, 11) is 1.58. The minimum Gasteiger partial charge on any atom is -0.355 e. The van der Waals surface area contributed by atoms with Gasteiger partial charge in [-0.1, -0.05) is 24.3 Å². The highest BCUT2D eigenvalue weighted by molar-refractivity contribution is 5.94. The van der Waals surface area contributed by atoms with E-state index in [9.17, 15) is 9.59 Å². The van der Waals surface area contributed by atoms with Crippen molar-refractivity contribution in [2.24, 2.45) is 0 Å². The van der Waals surface area contributed by atoms with E-state index in [0.717, 1.165) is 16.8 Å². The molecule has 1 aromatic heterocycles. The number of nitrogens with zero attached hydrogens (tertiary/aromatic N) is 3. The lowest BCUT2D eigenvalue weighted by Gasteiger charge is -2.09. The van der Waals surface area contributed by atoms with Gasteiger partial charge in [-0.15, -0.1) is 0 Å². The molecular formula is C19H20N6O2. The van der Waals surface area contributed by atoms with Crippen LogP contribution in [0.25, 0.3) is 5.69 Å². The monoisotopic (exact) mass is 364 g/mol. The Balaban J connectivity index is 1.48. The van der Waals surface area contributed by atoms with Gasteiger partial charge in [-0.3, -0.25) is 4.79 Å². The topological polar surface area (TPSA) is 101 Å². The fourth-order valence-corrected chi connectivity index (χ4v) is 2.50. The maximum absolute atomic E-state index is 12.0. The van der Waals surface area contributed by atoms with Crippen molar-refractivity contribution in [3.05, 3.63) is 77.9 Å². The second-order valence-electron chi connectivity index (χ2n) is 5.82. The van der Waals surface area contributed by atoms with Crippen LogP contribution in [0.3, 0.4) is 0 Å². The zero-order chi connectivity index (χ0) is 19.1. The Labute approximate surface area is 156 Å².